The van der Waals surface area contributed by atoms with Crippen molar-refractivity contribution in [3.8, 4) is 0 Å². The summed E-state index contributed by atoms with van der Waals surface area (Å²) in [6, 6.07) is 9.27. The van der Waals surface area contributed by atoms with E-state index in [0.29, 0.717) is 17.9 Å². The van der Waals surface area contributed by atoms with E-state index < -0.39 is 12.0 Å². The highest BCUT2D eigenvalue weighted by Gasteiger charge is 2.40. The molecule has 0 saturated heterocycles. The van der Waals surface area contributed by atoms with Crippen LogP contribution in [-0.2, 0) is 19.1 Å². The van der Waals surface area contributed by atoms with Gasteiger partial charge in [-0.1, -0.05) is 42.1 Å². The number of carbonyl (C=O) groups excluding carboxylic acids is 2. The van der Waals surface area contributed by atoms with E-state index in [9.17, 15) is 9.59 Å². The zero-order valence-corrected chi connectivity index (χ0v) is 15.7. The predicted octanol–water partition coefficient (Wildman–Crippen LogP) is 3.39. The number of hydrogen-bond acceptors (Lipinski definition) is 7. The molecule has 0 saturated carbocycles. The molecule has 2 heterocycles. The fraction of sp³-hybridized carbons (Fsp3) is 0.316. The highest BCUT2D eigenvalue weighted by Crippen LogP contribution is 2.44. The molecule has 0 amide bonds. The lowest BCUT2D eigenvalue weighted by molar-refractivity contribution is -0.142. The van der Waals surface area contributed by atoms with Crippen LogP contribution in [0.25, 0.3) is 0 Å². The summed E-state index contributed by atoms with van der Waals surface area (Å²) in [7, 11) is 1.36. The fourth-order valence-corrected chi connectivity index (χ4v) is 4.02. The molecule has 0 N–H and O–H groups in total. The molecule has 0 radical (unpaired) electrons. The number of nitrogens with zero attached hydrogens (tertiary/aromatic N) is 2. The molecule has 1 aromatic carbocycles. The summed E-state index contributed by atoms with van der Waals surface area (Å²) >= 11 is 1.44. The summed E-state index contributed by atoms with van der Waals surface area (Å²) < 4.78 is 10.1. The van der Waals surface area contributed by atoms with Gasteiger partial charge in [0.15, 0.2) is 5.17 Å². The minimum atomic E-state index is -0.425. The Morgan fingerprint density at radius 2 is 2.00 bits per heavy atom. The molecule has 0 aliphatic carbocycles. The van der Waals surface area contributed by atoms with Gasteiger partial charge in [0.2, 0.25) is 0 Å². The van der Waals surface area contributed by atoms with Crippen molar-refractivity contribution in [2.75, 3.05) is 13.7 Å². The molecule has 0 spiro atoms. The monoisotopic (exact) mass is 372 g/mol. The van der Waals surface area contributed by atoms with Crippen LogP contribution in [-0.4, -0.2) is 35.7 Å². The summed E-state index contributed by atoms with van der Waals surface area (Å²) in [6.07, 6.45) is 0.122. The van der Waals surface area contributed by atoms with Gasteiger partial charge >= 0.3 is 11.9 Å². The fourth-order valence-electron chi connectivity index (χ4n) is 3.05. The molecule has 6 nitrogen and oxygen atoms in total. The number of hydrogen-bond donors (Lipinski definition) is 0. The van der Waals surface area contributed by atoms with E-state index in [-0.39, 0.29) is 12.4 Å². The predicted molar refractivity (Wildman–Crippen MR) is 100 cm³/mol. The highest BCUT2D eigenvalue weighted by molar-refractivity contribution is 8.16. The van der Waals surface area contributed by atoms with Crippen LogP contribution in [0.4, 0.5) is 0 Å². The summed E-state index contributed by atoms with van der Waals surface area (Å²) in [5, 5.41) is 2.63. The van der Waals surface area contributed by atoms with Gasteiger partial charge in [-0.3, -0.25) is 4.79 Å². The van der Waals surface area contributed by atoms with Crippen molar-refractivity contribution in [1.82, 2.24) is 4.90 Å². The number of fused-ring (bicyclic) bond motifs is 1. The third kappa shape index (κ3) is 3.39. The lowest BCUT2D eigenvalue weighted by Crippen LogP contribution is -2.37. The molecular weight excluding hydrogens is 352 g/mol. The molecule has 26 heavy (non-hydrogen) atoms. The van der Waals surface area contributed by atoms with Crippen molar-refractivity contribution in [2.24, 2.45) is 4.99 Å². The Bertz CT molecular complexity index is 814. The highest BCUT2D eigenvalue weighted by atomic mass is 32.2. The van der Waals surface area contributed by atoms with Gasteiger partial charge in [0, 0.05) is 5.70 Å². The van der Waals surface area contributed by atoms with Crippen LogP contribution in [0.3, 0.4) is 0 Å². The first kappa shape index (κ1) is 18.3. The number of carbonyl (C=O) groups is 2. The lowest BCUT2D eigenvalue weighted by Gasteiger charge is -2.36. The maximum absolute atomic E-state index is 12.5. The van der Waals surface area contributed by atoms with Crippen LogP contribution < -0.4 is 0 Å². The van der Waals surface area contributed by atoms with Crippen molar-refractivity contribution in [1.29, 1.82) is 0 Å². The summed E-state index contributed by atoms with van der Waals surface area (Å²) in [5.41, 5.74) is 2.78. The van der Waals surface area contributed by atoms with E-state index in [4.69, 9.17) is 9.47 Å². The van der Waals surface area contributed by atoms with Gasteiger partial charge in [0.25, 0.3) is 0 Å². The van der Waals surface area contributed by atoms with Gasteiger partial charge in [-0.15, -0.1) is 0 Å². The molecule has 0 bridgehead atoms. The Kier molecular flexibility index (Phi) is 5.46. The number of aliphatic imine (C=N–C) groups is 1. The van der Waals surface area contributed by atoms with Crippen LogP contribution >= 0.6 is 11.8 Å². The second-order valence-electron chi connectivity index (χ2n) is 5.78. The number of thioether (sulfide) groups is 1. The lowest BCUT2D eigenvalue weighted by atomic mass is 9.94. The van der Waals surface area contributed by atoms with Gasteiger partial charge in [-0.05, 0) is 24.8 Å². The third-order valence-corrected chi connectivity index (χ3v) is 5.04. The Hall–Kier alpha value is -2.54. The molecule has 3 rings (SSSR count). The van der Waals surface area contributed by atoms with Crippen molar-refractivity contribution in [3.05, 3.63) is 58.3 Å². The Balaban J connectivity index is 2.04. The molecule has 0 aromatic heterocycles. The molecule has 0 fully saturated rings. The minimum Gasteiger partial charge on any atom is -0.466 e. The van der Waals surface area contributed by atoms with E-state index in [1.54, 1.807) is 13.8 Å². The molecule has 7 heteroatoms. The molecule has 1 aromatic rings. The Morgan fingerprint density at radius 1 is 1.27 bits per heavy atom. The largest absolute Gasteiger partial charge is 0.466 e. The second-order valence-corrected chi connectivity index (χ2v) is 6.61. The molecule has 1 atom stereocenters. The van der Waals surface area contributed by atoms with E-state index in [0.717, 1.165) is 16.4 Å². The maximum Gasteiger partial charge on any atom is 0.338 e. The first-order valence-corrected chi connectivity index (χ1v) is 9.18. The maximum atomic E-state index is 12.5. The number of methoxy groups -OCH3 is 1. The smallest absolute Gasteiger partial charge is 0.338 e. The minimum absolute atomic E-state index is 0.122. The summed E-state index contributed by atoms with van der Waals surface area (Å²) in [5.74, 6) is -0.732. The van der Waals surface area contributed by atoms with Crippen LogP contribution in [0.5, 0.6) is 0 Å². The van der Waals surface area contributed by atoms with E-state index in [1.165, 1.54) is 18.9 Å². The third-order valence-electron chi connectivity index (χ3n) is 4.15. The van der Waals surface area contributed by atoms with Crippen LogP contribution in [0.1, 0.15) is 31.9 Å². The van der Waals surface area contributed by atoms with Gasteiger partial charge < -0.3 is 14.4 Å². The molecule has 2 aliphatic heterocycles. The zero-order valence-electron chi connectivity index (χ0n) is 14.9. The van der Waals surface area contributed by atoms with Gasteiger partial charge in [0.1, 0.15) is 0 Å². The number of ether oxygens (including phenoxy) is 2. The normalized spacial score (nSPS) is 18.9. The number of benzene rings is 1. The topological polar surface area (TPSA) is 68.2 Å². The Labute approximate surface area is 156 Å². The average molecular weight is 372 g/mol. The Morgan fingerprint density at radius 3 is 2.65 bits per heavy atom. The van der Waals surface area contributed by atoms with Crippen molar-refractivity contribution >= 4 is 28.9 Å². The SMILES string of the molecule is CCOC(=O)CC1=CSC2=NC(C)=C(C(=O)OC)[C@@H](c3ccccc3)N12. The number of rotatable bonds is 5. The first-order valence-electron chi connectivity index (χ1n) is 8.30. The quantitative estimate of drug-likeness (QED) is 0.738. The first-order chi connectivity index (χ1) is 12.6. The van der Waals surface area contributed by atoms with Gasteiger partial charge in [0.05, 0.1) is 37.4 Å². The second kappa shape index (κ2) is 7.78. The summed E-state index contributed by atoms with van der Waals surface area (Å²) in [4.78, 5) is 31.0. The number of esters is 2. The number of allylic oxidation sites excluding steroid dienone is 1. The number of amidine groups is 1. The van der Waals surface area contributed by atoms with E-state index >= 15 is 0 Å². The van der Waals surface area contributed by atoms with E-state index in [1.807, 2.05) is 40.6 Å². The average Bonchev–Trinajstić information content (AvgIpc) is 3.03. The van der Waals surface area contributed by atoms with Crippen molar-refractivity contribution < 1.29 is 19.1 Å². The van der Waals surface area contributed by atoms with Gasteiger partial charge in [-0.2, -0.15) is 0 Å². The summed E-state index contributed by atoms with van der Waals surface area (Å²) in [6.45, 7) is 3.91. The van der Waals surface area contributed by atoms with Crippen LogP contribution in [0.15, 0.2) is 57.7 Å². The van der Waals surface area contributed by atoms with Crippen molar-refractivity contribution in [3.63, 3.8) is 0 Å². The van der Waals surface area contributed by atoms with E-state index in [2.05, 4.69) is 4.99 Å². The molecule has 136 valence electrons. The molecular formula is C19H20N2O4S. The molecule has 2 aliphatic rings. The van der Waals surface area contributed by atoms with Gasteiger partial charge in [-0.25, -0.2) is 9.79 Å². The molecule has 0 unspecified atom stereocenters. The zero-order chi connectivity index (χ0) is 18.7. The van der Waals surface area contributed by atoms with Crippen molar-refractivity contribution in [2.45, 2.75) is 26.3 Å². The van der Waals surface area contributed by atoms with Crippen LogP contribution in [0.2, 0.25) is 0 Å². The van der Waals surface area contributed by atoms with Crippen LogP contribution in [0, 0.1) is 0 Å². The standard InChI is InChI=1S/C19H20N2O4S/c1-4-25-15(22)10-14-11-26-19-20-12(2)16(18(23)24-3)17(21(14)19)13-8-6-5-7-9-13/h5-9,11,17H,4,10H2,1-3H3/t17-/m1/s1.